The Morgan fingerprint density at radius 3 is 2.53 bits per heavy atom. The predicted molar refractivity (Wildman–Crippen MR) is 82.6 cm³/mol. The zero-order valence-electron chi connectivity index (χ0n) is 10.5. The molecule has 1 aromatic rings. The van der Waals surface area contributed by atoms with Crippen LogP contribution >= 0.6 is 31.9 Å². The van der Waals surface area contributed by atoms with Gasteiger partial charge in [-0.3, -0.25) is 0 Å². The number of rotatable bonds is 3. The number of halogens is 2. The van der Waals surface area contributed by atoms with Crippen LogP contribution in [0.4, 0.5) is 5.69 Å². The summed E-state index contributed by atoms with van der Waals surface area (Å²) in [5, 5.41) is 22.0. The Labute approximate surface area is 129 Å². The van der Waals surface area contributed by atoms with Gasteiger partial charge in [-0.1, -0.05) is 15.9 Å². The van der Waals surface area contributed by atoms with Crippen molar-refractivity contribution in [3.05, 3.63) is 31.8 Å². The van der Waals surface area contributed by atoms with Crippen molar-refractivity contribution in [2.45, 2.75) is 44.4 Å². The molecule has 0 heterocycles. The van der Waals surface area contributed by atoms with E-state index in [1.54, 1.807) is 0 Å². The van der Waals surface area contributed by atoms with Gasteiger partial charge in [-0.2, -0.15) is 0 Å². The number of quaternary nitrogens is 1. The van der Waals surface area contributed by atoms with Crippen molar-refractivity contribution in [1.82, 2.24) is 0 Å². The van der Waals surface area contributed by atoms with Crippen molar-refractivity contribution < 1.29 is 10.2 Å². The van der Waals surface area contributed by atoms with Crippen molar-refractivity contribution in [2.24, 2.45) is 0 Å². The fourth-order valence-electron chi connectivity index (χ4n) is 2.51. The van der Waals surface area contributed by atoms with Crippen molar-refractivity contribution in [2.75, 3.05) is 5.73 Å². The first-order valence-electron chi connectivity index (χ1n) is 6.41. The second kappa shape index (κ2) is 6.54. The van der Waals surface area contributed by atoms with E-state index in [4.69, 9.17) is 5.73 Å². The molecule has 1 atom stereocenters. The van der Waals surface area contributed by atoms with Crippen molar-refractivity contribution in [1.29, 1.82) is 0 Å². The molecule has 6 heteroatoms. The average molecular weight is 394 g/mol. The molecule has 4 N–H and O–H groups in total. The Morgan fingerprint density at radius 2 is 1.89 bits per heavy atom. The minimum Gasteiger partial charge on any atom is -0.634 e. The van der Waals surface area contributed by atoms with Crippen LogP contribution in [0.5, 0.6) is 0 Å². The smallest absolute Gasteiger partial charge is 0.105 e. The van der Waals surface area contributed by atoms with Gasteiger partial charge in [0.1, 0.15) is 6.54 Å². The number of nitrogens with two attached hydrogens (primary N) is 1. The van der Waals surface area contributed by atoms with Crippen LogP contribution < -0.4 is 10.8 Å². The summed E-state index contributed by atoms with van der Waals surface area (Å²) in [5.74, 6) is 0. The molecule has 2 rings (SSSR count). The lowest BCUT2D eigenvalue weighted by Gasteiger charge is -2.35. The van der Waals surface area contributed by atoms with Gasteiger partial charge >= 0.3 is 0 Å². The van der Waals surface area contributed by atoms with E-state index < -0.39 is 0 Å². The summed E-state index contributed by atoms with van der Waals surface area (Å²) in [7, 11) is 0. The summed E-state index contributed by atoms with van der Waals surface area (Å²) in [6.45, 7) is 0.366. The SMILES string of the molecule is Nc1c(Br)cc(Br)cc1C[NH+]([O-])C1CCC(O)CC1. The molecule has 0 spiro atoms. The summed E-state index contributed by atoms with van der Waals surface area (Å²) in [4.78, 5) is 0. The average Bonchev–Trinajstić information content (AvgIpc) is 2.36. The molecule has 1 unspecified atom stereocenters. The third-order valence-electron chi connectivity index (χ3n) is 3.70. The van der Waals surface area contributed by atoms with Gasteiger partial charge in [0.05, 0.1) is 17.8 Å². The normalized spacial score (nSPS) is 25.3. The van der Waals surface area contributed by atoms with Crippen LogP contribution in [0.1, 0.15) is 31.2 Å². The van der Waals surface area contributed by atoms with Gasteiger partial charge in [0.2, 0.25) is 0 Å². The summed E-state index contributed by atoms with van der Waals surface area (Å²) < 4.78 is 1.72. The summed E-state index contributed by atoms with van der Waals surface area (Å²) in [6, 6.07) is 3.84. The first kappa shape index (κ1) is 15.3. The lowest BCUT2D eigenvalue weighted by molar-refractivity contribution is -0.891. The zero-order chi connectivity index (χ0) is 14.0. The highest BCUT2D eigenvalue weighted by molar-refractivity contribution is 9.11. The van der Waals surface area contributed by atoms with E-state index in [-0.39, 0.29) is 17.2 Å². The maximum atomic E-state index is 12.3. The molecular weight excluding hydrogens is 376 g/mol. The summed E-state index contributed by atoms with van der Waals surface area (Å²) in [5.41, 5.74) is 7.48. The quantitative estimate of drug-likeness (QED) is 0.543. The number of hydrogen-bond donors (Lipinski definition) is 3. The molecule has 0 aliphatic heterocycles. The van der Waals surface area contributed by atoms with Gasteiger partial charge in [-0.05, 0) is 40.9 Å². The number of anilines is 1. The molecule has 1 aromatic carbocycles. The molecule has 1 aliphatic carbocycles. The predicted octanol–water partition coefficient (Wildman–Crippen LogP) is 1.98. The van der Waals surface area contributed by atoms with E-state index >= 15 is 0 Å². The fraction of sp³-hybridized carbons (Fsp3) is 0.538. The second-order valence-corrected chi connectivity index (χ2v) is 6.88. The Hall–Kier alpha value is -0.140. The van der Waals surface area contributed by atoms with Gasteiger partial charge in [0, 0.05) is 27.4 Å². The molecule has 1 saturated carbocycles. The van der Waals surface area contributed by atoms with Gasteiger partial charge in [-0.15, -0.1) is 0 Å². The zero-order valence-corrected chi connectivity index (χ0v) is 13.7. The molecule has 0 bridgehead atoms. The number of nitrogens with one attached hydrogen (secondary N) is 1. The van der Waals surface area contributed by atoms with Crippen LogP contribution in [-0.4, -0.2) is 17.3 Å². The minimum atomic E-state index is -0.228. The number of aliphatic hydroxyl groups is 1. The molecule has 106 valence electrons. The van der Waals surface area contributed by atoms with Gasteiger partial charge in [-0.25, -0.2) is 0 Å². The van der Waals surface area contributed by atoms with Gasteiger partial charge in [0.15, 0.2) is 0 Å². The molecule has 4 nitrogen and oxygen atoms in total. The summed E-state index contributed by atoms with van der Waals surface area (Å²) >= 11 is 6.80. The van der Waals surface area contributed by atoms with E-state index in [0.29, 0.717) is 12.2 Å². The number of hydrogen-bond acceptors (Lipinski definition) is 3. The van der Waals surface area contributed by atoms with E-state index in [1.807, 2.05) is 12.1 Å². The van der Waals surface area contributed by atoms with E-state index in [2.05, 4.69) is 31.9 Å². The lowest BCUT2D eigenvalue weighted by Crippen LogP contribution is -3.10. The van der Waals surface area contributed by atoms with Crippen molar-refractivity contribution in [3.8, 4) is 0 Å². The highest BCUT2D eigenvalue weighted by Crippen LogP contribution is 2.28. The highest BCUT2D eigenvalue weighted by atomic mass is 79.9. The Morgan fingerprint density at radius 1 is 1.26 bits per heavy atom. The van der Waals surface area contributed by atoms with Crippen LogP contribution in [0.3, 0.4) is 0 Å². The highest BCUT2D eigenvalue weighted by Gasteiger charge is 2.24. The Bertz CT molecular complexity index is 449. The number of nitrogen functional groups attached to an aromatic ring is 1. The molecule has 19 heavy (non-hydrogen) atoms. The molecule has 1 aliphatic rings. The maximum absolute atomic E-state index is 12.3. The third-order valence-corrected chi connectivity index (χ3v) is 4.81. The van der Waals surface area contributed by atoms with Crippen LogP contribution in [0.25, 0.3) is 0 Å². The van der Waals surface area contributed by atoms with Crippen molar-refractivity contribution in [3.63, 3.8) is 0 Å². The van der Waals surface area contributed by atoms with Crippen LogP contribution in [0.15, 0.2) is 21.1 Å². The fourth-order valence-corrected chi connectivity index (χ4v) is 3.83. The van der Waals surface area contributed by atoms with Crippen LogP contribution in [0.2, 0.25) is 0 Å². The first-order valence-corrected chi connectivity index (χ1v) is 8.00. The maximum Gasteiger partial charge on any atom is 0.105 e. The Balaban J connectivity index is 2.04. The van der Waals surface area contributed by atoms with Crippen LogP contribution in [-0.2, 0) is 6.54 Å². The monoisotopic (exact) mass is 392 g/mol. The summed E-state index contributed by atoms with van der Waals surface area (Å²) in [6.07, 6.45) is 2.81. The standard InChI is InChI=1S/C13H18Br2N2O2/c14-9-5-8(13(16)12(15)6-9)7-17(19)10-1-3-11(18)4-2-10/h5-6,10-11,17-18H,1-4,7,16H2. The molecule has 0 amide bonds. The van der Waals surface area contributed by atoms with Crippen molar-refractivity contribution >= 4 is 37.5 Å². The lowest BCUT2D eigenvalue weighted by atomic mass is 9.92. The van der Waals surface area contributed by atoms with E-state index in [1.165, 1.54) is 0 Å². The minimum absolute atomic E-state index is 0.0700. The third kappa shape index (κ3) is 3.92. The molecule has 0 radical (unpaired) electrons. The molecule has 0 aromatic heterocycles. The topological polar surface area (TPSA) is 73.8 Å². The van der Waals surface area contributed by atoms with Crippen LogP contribution in [0, 0.1) is 5.21 Å². The second-order valence-electron chi connectivity index (χ2n) is 5.11. The number of aliphatic hydroxyl groups excluding tert-OH is 1. The van der Waals surface area contributed by atoms with Gasteiger partial charge < -0.3 is 21.1 Å². The first-order chi connectivity index (χ1) is 8.97. The Kier molecular flexibility index (Phi) is 5.25. The number of hydroxylamine groups is 2. The molecule has 1 fully saturated rings. The van der Waals surface area contributed by atoms with Gasteiger partial charge in [0.25, 0.3) is 0 Å². The van der Waals surface area contributed by atoms with E-state index in [9.17, 15) is 10.3 Å². The van der Waals surface area contributed by atoms with E-state index in [0.717, 1.165) is 40.2 Å². The number of benzene rings is 1. The molecule has 0 saturated heterocycles. The largest absolute Gasteiger partial charge is 0.634 e. The molecular formula is C13H18Br2N2O2.